The lowest BCUT2D eigenvalue weighted by Gasteiger charge is -2.48. The highest BCUT2D eigenvalue weighted by Crippen LogP contribution is 2.45. The SMILES string of the molecule is CO[C@@H]1[C@@H](n2cc(-c3cc(F)c(Cl)c(F)c3)nn2)[C@H]2O[C@@H](c3ccccc3)OC[C@H]2O[C@H]1c1nc(C)nn1-c1ccc2ncsc2c1. The minimum absolute atomic E-state index is 0.175. The highest BCUT2D eigenvalue weighted by Gasteiger charge is 2.53. The van der Waals surface area contributed by atoms with Gasteiger partial charge in [-0.25, -0.2) is 28.1 Å². The Morgan fingerprint density at radius 1 is 1.04 bits per heavy atom. The second-order valence-corrected chi connectivity index (χ2v) is 12.5. The van der Waals surface area contributed by atoms with E-state index in [9.17, 15) is 8.78 Å². The molecule has 8 rings (SSSR count). The minimum Gasteiger partial charge on any atom is -0.376 e. The monoisotopic (exact) mass is 677 g/mol. The van der Waals surface area contributed by atoms with Crippen LogP contribution in [0.3, 0.4) is 0 Å². The van der Waals surface area contributed by atoms with Crippen LogP contribution >= 0.6 is 22.9 Å². The molecular formula is C32H26ClF2N7O4S. The van der Waals surface area contributed by atoms with Gasteiger partial charge in [0, 0.05) is 18.2 Å². The van der Waals surface area contributed by atoms with Gasteiger partial charge in [-0.2, -0.15) is 5.10 Å². The van der Waals surface area contributed by atoms with Gasteiger partial charge in [0.2, 0.25) is 0 Å². The highest BCUT2D eigenvalue weighted by atomic mass is 35.5. The number of benzene rings is 3. The van der Waals surface area contributed by atoms with Crippen LogP contribution in [-0.2, 0) is 18.9 Å². The van der Waals surface area contributed by atoms with Crippen molar-refractivity contribution in [3.8, 4) is 16.9 Å². The van der Waals surface area contributed by atoms with E-state index in [2.05, 4.69) is 15.3 Å². The van der Waals surface area contributed by atoms with Gasteiger partial charge in [0.25, 0.3) is 0 Å². The first-order valence-corrected chi connectivity index (χ1v) is 16.0. The molecule has 2 aliphatic rings. The van der Waals surface area contributed by atoms with Crippen LogP contribution < -0.4 is 0 Å². The summed E-state index contributed by atoms with van der Waals surface area (Å²) < 4.78 is 58.8. The van der Waals surface area contributed by atoms with Gasteiger partial charge in [-0.15, -0.1) is 16.4 Å². The molecule has 11 nitrogen and oxygen atoms in total. The standard InChI is InChI=1S/C32H26ClF2N7O4S/c1-16-37-31(42(39-16)19-8-9-22-25(12-19)47-15-36-22)30-29(43-2)27(28-24(45-30)14-44-32(46-28)17-6-4-3-5-7-17)41-13-23(38-40-41)18-10-20(34)26(33)21(35)11-18/h3-13,15,24,27-30,32H,14H2,1-2H3/t24-,27+,28+,29-,30-,32+/m1/s1. The molecule has 0 N–H and O–H groups in total. The molecule has 47 heavy (non-hydrogen) atoms. The Morgan fingerprint density at radius 2 is 1.85 bits per heavy atom. The second kappa shape index (κ2) is 12.1. The fourth-order valence-corrected chi connectivity index (χ4v) is 7.01. The summed E-state index contributed by atoms with van der Waals surface area (Å²) in [5.74, 6) is -0.755. The fourth-order valence-electron chi connectivity index (χ4n) is 6.19. The molecule has 0 saturated carbocycles. The van der Waals surface area contributed by atoms with Crippen LogP contribution in [0.1, 0.15) is 35.6 Å². The molecular weight excluding hydrogens is 652 g/mol. The first-order chi connectivity index (χ1) is 22.9. The molecule has 0 spiro atoms. The number of rotatable bonds is 6. The Labute approximate surface area is 275 Å². The van der Waals surface area contributed by atoms with Crippen LogP contribution in [0.25, 0.3) is 27.2 Å². The quantitative estimate of drug-likeness (QED) is 0.191. The van der Waals surface area contributed by atoms with Crippen LogP contribution in [-0.4, -0.2) is 66.8 Å². The van der Waals surface area contributed by atoms with E-state index in [0.717, 1.165) is 33.6 Å². The number of thiazole rings is 1. The second-order valence-electron chi connectivity index (χ2n) is 11.2. The van der Waals surface area contributed by atoms with E-state index < -0.39 is 53.4 Å². The number of fused-ring (bicyclic) bond motifs is 2. The summed E-state index contributed by atoms with van der Waals surface area (Å²) >= 11 is 7.26. The van der Waals surface area contributed by atoms with Gasteiger partial charge in [0.15, 0.2) is 12.1 Å². The van der Waals surface area contributed by atoms with E-state index in [-0.39, 0.29) is 17.9 Å². The molecule has 2 aliphatic heterocycles. The summed E-state index contributed by atoms with van der Waals surface area (Å²) in [4.78, 5) is 9.18. The normalized spacial score (nSPS) is 24.4. The zero-order valence-corrected chi connectivity index (χ0v) is 26.5. The largest absolute Gasteiger partial charge is 0.376 e. The van der Waals surface area contributed by atoms with Crippen LogP contribution in [0.5, 0.6) is 0 Å². The van der Waals surface area contributed by atoms with Crippen molar-refractivity contribution in [2.45, 2.75) is 43.7 Å². The smallest absolute Gasteiger partial charge is 0.184 e. The van der Waals surface area contributed by atoms with Gasteiger partial charge in [0.1, 0.15) is 58.6 Å². The maximum Gasteiger partial charge on any atom is 0.184 e. The summed E-state index contributed by atoms with van der Waals surface area (Å²) in [6.45, 7) is 2.00. The number of halogens is 3. The molecule has 6 aromatic rings. The Kier molecular flexibility index (Phi) is 7.78. The van der Waals surface area contributed by atoms with Crippen molar-refractivity contribution >= 4 is 33.2 Å². The summed E-state index contributed by atoms with van der Waals surface area (Å²) in [5, 5.41) is 12.8. The summed E-state index contributed by atoms with van der Waals surface area (Å²) in [7, 11) is 1.57. The fraction of sp³-hybridized carbons (Fsp3) is 0.281. The van der Waals surface area contributed by atoms with Gasteiger partial charge in [-0.05, 0) is 37.3 Å². The summed E-state index contributed by atoms with van der Waals surface area (Å²) in [6.07, 6.45) is -1.78. The molecule has 2 saturated heterocycles. The maximum absolute atomic E-state index is 14.4. The van der Waals surface area contributed by atoms with E-state index in [1.54, 1.807) is 28.2 Å². The zero-order chi connectivity index (χ0) is 32.2. The highest BCUT2D eigenvalue weighted by molar-refractivity contribution is 7.16. The number of methoxy groups -OCH3 is 1. The number of aromatic nitrogens is 7. The Hall–Kier alpha value is -4.18. The van der Waals surface area contributed by atoms with Crippen LogP contribution in [0, 0.1) is 18.6 Å². The molecule has 5 heterocycles. The van der Waals surface area contributed by atoms with E-state index in [1.165, 1.54) is 11.3 Å². The third kappa shape index (κ3) is 5.40. The lowest BCUT2D eigenvalue weighted by Crippen LogP contribution is -2.57. The van der Waals surface area contributed by atoms with Gasteiger partial charge in [0.05, 0.1) is 34.2 Å². The molecule has 6 atom stereocenters. The number of hydrogen-bond acceptors (Lipinski definition) is 10. The third-order valence-electron chi connectivity index (χ3n) is 8.34. The molecule has 0 unspecified atom stereocenters. The van der Waals surface area contributed by atoms with E-state index in [4.69, 9.17) is 40.6 Å². The van der Waals surface area contributed by atoms with Crippen LogP contribution in [0.4, 0.5) is 8.78 Å². The van der Waals surface area contributed by atoms with Crippen molar-refractivity contribution in [1.29, 1.82) is 0 Å². The number of nitrogens with zero attached hydrogens (tertiary/aromatic N) is 7. The predicted octanol–water partition coefficient (Wildman–Crippen LogP) is 6.19. The third-order valence-corrected chi connectivity index (χ3v) is 9.50. The Bertz CT molecular complexity index is 2050. The first kappa shape index (κ1) is 30.2. The Balaban J connectivity index is 1.22. The van der Waals surface area contributed by atoms with E-state index >= 15 is 0 Å². The van der Waals surface area contributed by atoms with Gasteiger partial charge < -0.3 is 18.9 Å². The average molecular weight is 678 g/mol. The van der Waals surface area contributed by atoms with Gasteiger partial charge in [-0.3, -0.25) is 0 Å². The van der Waals surface area contributed by atoms with Crippen molar-refractivity contribution in [1.82, 2.24) is 34.7 Å². The lowest BCUT2D eigenvalue weighted by molar-refractivity contribution is -0.321. The average Bonchev–Trinajstić information content (AvgIpc) is 3.86. The molecule has 240 valence electrons. The summed E-state index contributed by atoms with van der Waals surface area (Å²) in [6, 6.07) is 17.0. The van der Waals surface area contributed by atoms with Crippen molar-refractivity contribution in [3.05, 3.63) is 106 Å². The molecule has 15 heteroatoms. The van der Waals surface area contributed by atoms with Crippen molar-refractivity contribution in [2.75, 3.05) is 13.7 Å². The number of hydrogen-bond donors (Lipinski definition) is 0. The molecule has 0 radical (unpaired) electrons. The van der Waals surface area contributed by atoms with Crippen LogP contribution in [0.15, 0.2) is 72.4 Å². The number of ether oxygens (including phenoxy) is 4. The summed E-state index contributed by atoms with van der Waals surface area (Å²) in [5.41, 5.74) is 4.70. The van der Waals surface area contributed by atoms with Crippen molar-refractivity contribution in [3.63, 3.8) is 0 Å². The van der Waals surface area contributed by atoms with E-state index in [1.807, 2.05) is 55.5 Å². The minimum atomic E-state index is -0.901. The van der Waals surface area contributed by atoms with Crippen molar-refractivity contribution < 1.29 is 27.7 Å². The van der Waals surface area contributed by atoms with Gasteiger partial charge >= 0.3 is 0 Å². The van der Waals surface area contributed by atoms with Crippen molar-refractivity contribution in [2.24, 2.45) is 0 Å². The zero-order valence-electron chi connectivity index (χ0n) is 24.9. The topological polar surface area (TPSA) is 111 Å². The molecule has 0 amide bonds. The molecule has 3 aromatic carbocycles. The van der Waals surface area contributed by atoms with Crippen LogP contribution in [0.2, 0.25) is 5.02 Å². The predicted molar refractivity (Wildman–Crippen MR) is 167 cm³/mol. The first-order valence-electron chi connectivity index (χ1n) is 14.7. The number of aryl methyl sites for hydroxylation is 1. The Morgan fingerprint density at radius 3 is 2.64 bits per heavy atom. The molecule has 0 aliphatic carbocycles. The van der Waals surface area contributed by atoms with E-state index in [0.29, 0.717) is 11.6 Å². The van der Waals surface area contributed by atoms with Gasteiger partial charge in [-0.1, -0.05) is 47.1 Å². The molecule has 3 aromatic heterocycles. The lowest BCUT2D eigenvalue weighted by atomic mass is 9.91. The maximum atomic E-state index is 14.4. The molecule has 2 fully saturated rings. The molecule has 0 bridgehead atoms.